The van der Waals surface area contributed by atoms with E-state index in [1.807, 2.05) is 19.2 Å². The van der Waals surface area contributed by atoms with Gasteiger partial charge in [0.05, 0.1) is 35.3 Å². The third-order valence-corrected chi connectivity index (χ3v) is 7.84. The molecule has 12 heteroatoms. The number of aliphatic hydroxyl groups is 1. The number of fused-ring (bicyclic) bond motifs is 1. The molecule has 2 aliphatic rings. The second kappa shape index (κ2) is 9.77. The lowest BCUT2D eigenvalue weighted by molar-refractivity contribution is 0.0538. The van der Waals surface area contributed by atoms with Crippen LogP contribution in [0, 0.1) is 12.8 Å². The van der Waals surface area contributed by atoms with Crippen molar-refractivity contribution in [3.8, 4) is 0 Å². The summed E-state index contributed by atoms with van der Waals surface area (Å²) >= 11 is 6.21. The fourth-order valence-electron chi connectivity index (χ4n) is 5.26. The van der Waals surface area contributed by atoms with Crippen LogP contribution in [0.4, 0.5) is 11.5 Å². The van der Waals surface area contributed by atoms with Crippen LogP contribution in [-0.4, -0.2) is 70.9 Å². The van der Waals surface area contributed by atoms with Gasteiger partial charge < -0.3 is 14.9 Å². The second-order valence-corrected chi connectivity index (χ2v) is 12.4. The molecule has 0 spiro atoms. The van der Waals surface area contributed by atoms with Gasteiger partial charge in [-0.05, 0) is 50.3 Å². The Balaban J connectivity index is 1.51. The van der Waals surface area contributed by atoms with Gasteiger partial charge >= 0.3 is 0 Å². The van der Waals surface area contributed by atoms with Crippen LogP contribution in [-0.2, 0) is 10.0 Å². The number of β-amino-alcohol motifs (C(OH)–C–C–N with tert-alkyl or cyclic N) is 1. The number of carbonyl (C=O) groups excluding carboxylic acids is 1. The van der Waals surface area contributed by atoms with Crippen molar-refractivity contribution in [1.82, 2.24) is 19.5 Å². The van der Waals surface area contributed by atoms with Gasteiger partial charge in [0.15, 0.2) is 5.65 Å². The van der Waals surface area contributed by atoms with Crippen molar-refractivity contribution in [3.63, 3.8) is 0 Å². The first-order chi connectivity index (χ1) is 17.5. The highest BCUT2D eigenvalue weighted by atomic mass is 35.5. The lowest BCUT2D eigenvalue weighted by atomic mass is 9.91. The number of aromatic nitrogens is 3. The molecule has 0 unspecified atom stereocenters. The molecule has 2 aromatic heterocycles. The predicted octanol–water partition coefficient (Wildman–Crippen LogP) is 3.25. The van der Waals surface area contributed by atoms with E-state index in [2.05, 4.69) is 16.5 Å². The van der Waals surface area contributed by atoms with Crippen molar-refractivity contribution in [2.75, 3.05) is 35.5 Å². The number of hydrogen-bond acceptors (Lipinski definition) is 7. The average Bonchev–Trinajstić information content (AvgIpc) is 3.43. The molecule has 0 aliphatic carbocycles. The monoisotopic (exact) mass is 546 g/mol. The van der Waals surface area contributed by atoms with Crippen molar-refractivity contribution in [2.24, 2.45) is 5.92 Å². The topological polar surface area (TPSA) is 120 Å². The van der Waals surface area contributed by atoms with Gasteiger partial charge in [-0.2, -0.15) is 5.10 Å². The van der Waals surface area contributed by atoms with E-state index in [0.29, 0.717) is 30.2 Å². The zero-order valence-corrected chi connectivity index (χ0v) is 22.6. The summed E-state index contributed by atoms with van der Waals surface area (Å²) in [5.41, 5.74) is 2.75. The maximum absolute atomic E-state index is 13.9. The smallest absolute Gasteiger partial charge is 0.256 e. The number of carbonyl (C=O) groups is 1. The van der Waals surface area contributed by atoms with Crippen LogP contribution in [0.1, 0.15) is 53.8 Å². The van der Waals surface area contributed by atoms with E-state index in [0.717, 1.165) is 42.7 Å². The zero-order valence-electron chi connectivity index (χ0n) is 21.1. The van der Waals surface area contributed by atoms with Gasteiger partial charge in [0, 0.05) is 42.5 Å². The van der Waals surface area contributed by atoms with Gasteiger partial charge in [0.1, 0.15) is 5.82 Å². The zero-order chi connectivity index (χ0) is 26.5. The van der Waals surface area contributed by atoms with E-state index >= 15 is 0 Å². The molecule has 2 saturated heterocycles. The minimum atomic E-state index is -3.60. The first-order valence-electron chi connectivity index (χ1n) is 12.4. The van der Waals surface area contributed by atoms with Gasteiger partial charge in [-0.25, -0.2) is 17.9 Å². The summed E-state index contributed by atoms with van der Waals surface area (Å²) in [6.07, 6.45) is 4.98. The van der Waals surface area contributed by atoms with Crippen molar-refractivity contribution < 1.29 is 18.3 Å². The minimum absolute atomic E-state index is 0.193. The van der Waals surface area contributed by atoms with E-state index in [-0.39, 0.29) is 35.2 Å². The third kappa shape index (κ3) is 5.39. The number of halogens is 1. The summed E-state index contributed by atoms with van der Waals surface area (Å²) in [6.45, 7) is 5.87. The Morgan fingerprint density at radius 2 is 1.97 bits per heavy atom. The number of likely N-dealkylation sites (tertiary alicyclic amines) is 1. The van der Waals surface area contributed by atoms with Crippen molar-refractivity contribution >= 4 is 44.7 Å². The fourth-order valence-corrected chi connectivity index (χ4v) is 6.01. The molecule has 10 nitrogen and oxygen atoms in total. The van der Waals surface area contributed by atoms with Crippen molar-refractivity contribution in [1.29, 1.82) is 0 Å². The molecule has 2 N–H and O–H groups in total. The Hall–Kier alpha value is -2.89. The molecular weight excluding hydrogens is 516 g/mol. The Morgan fingerprint density at radius 1 is 1.19 bits per heavy atom. The summed E-state index contributed by atoms with van der Waals surface area (Å²) in [4.78, 5) is 22.5. The summed E-state index contributed by atoms with van der Waals surface area (Å²) < 4.78 is 28.0. The fraction of sp³-hybridized carbons (Fsp3) is 0.480. The number of benzene rings is 1. The first-order valence-corrected chi connectivity index (χ1v) is 14.6. The highest BCUT2D eigenvalue weighted by Gasteiger charge is 2.35. The number of sulfonamides is 1. The normalized spacial score (nSPS) is 22.6. The first kappa shape index (κ1) is 25.7. The van der Waals surface area contributed by atoms with Crippen LogP contribution >= 0.6 is 11.6 Å². The van der Waals surface area contributed by atoms with E-state index in [1.165, 1.54) is 12.1 Å². The van der Waals surface area contributed by atoms with Crippen LogP contribution in [0.15, 0.2) is 30.5 Å². The average molecular weight is 547 g/mol. The Kier molecular flexibility index (Phi) is 6.80. The SMILES string of the molecule is Cc1cn2nc([C@@H]3CC[C@H](C)CN3C(=O)c3cc(Cl)ccc3NS(C)(=O)=O)cc2nc1N1CC[C@@H](O)C1. The number of hydrogen-bond donors (Lipinski definition) is 2. The number of amides is 1. The number of piperidine rings is 1. The molecule has 198 valence electrons. The molecule has 1 aromatic carbocycles. The molecule has 3 aromatic rings. The van der Waals surface area contributed by atoms with Gasteiger partial charge in [-0.1, -0.05) is 18.5 Å². The molecule has 2 fully saturated rings. The van der Waals surface area contributed by atoms with Crippen LogP contribution in [0.5, 0.6) is 0 Å². The van der Waals surface area contributed by atoms with E-state index in [4.69, 9.17) is 21.7 Å². The molecule has 37 heavy (non-hydrogen) atoms. The van der Waals surface area contributed by atoms with Gasteiger partial charge in [0.25, 0.3) is 5.91 Å². The quantitative estimate of drug-likeness (QED) is 0.504. The lowest BCUT2D eigenvalue weighted by Crippen LogP contribution is -2.42. The predicted molar refractivity (Wildman–Crippen MR) is 143 cm³/mol. The summed E-state index contributed by atoms with van der Waals surface area (Å²) in [5.74, 6) is 0.797. The highest BCUT2D eigenvalue weighted by Crippen LogP contribution is 2.36. The van der Waals surface area contributed by atoms with Gasteiger partial charge in [-0.3, -0.25) is 9.52 Å². The molecule has 4 heterocycles. The maximum Gasteiger partial charge on any atom is 0.256 e. The van der Waals surface area contributed by atoms with Gasteiger partial charge in [0.2, 0.25) is 10.0 Å². The van der Waals surface area contributed by atoms with Crippen LogP contribution in [0.2, 0.25) is 5.02 Å². The largest absolute Gasteiger partial charge is 0.391 e. The summed E-state index contributed by atoms with van der Waals surface area (Å²) in [6, 6.07) is 6.17. The van der Waals surface area contributed by atoms with Crippen molar-refractivity contribution in [3.05, 3.63) is 52.3 Å². The molecule has 3 atom stereocenters. The molecule has 0 saturated carbocycles. The molecular formula is C25H31ClN6O4S. The highest BCUT2D eigenvalue weighted by molar-refractivity contribution is 7.92. The number of aliphatic hydroxyl groups excluding tert-OH is 1. The van der Waals surface area contributed by atoms with E-state index in [1.54, 1.807) is 15.5 Å². The standard InChI is InChI=1S/C25H31ClN6O4S/c1-15-4-7-22(31(12-15)25(34)19-10-17(26)5-6-20(19)29-37(3,35)36)21-11-23-27-24(16(2)13-32(23)28-21)30-9-8-18(33)14-30/h5-6,10-11,13,15,18,22,29,33H,4,7-9,12,14H2,1-3H3/t15-,18+,22-/m0/s1. The lowest BCUT2D eigenvalue weighted by Gasteiger charge is -2.38. The number of nitrogens with zero attached hydrogens (tertiary/aromatic N) is 5. The maximum atomic E-state index is 13.9. The Morgan fingerprint density at radius 3 is 2.68 bits per heavy atom. The molecule has 5 rings (SSSR count). The molecule has 0 bridgehead atoms. The summed E-state index contributed by atoms with van der Waals surface area (Å²) in [5, 5.41) is 15.1. The van der Waals surface area contributed by atoms with Crippen LogP contribution < -0.4 is 9.62 Å². The minimum Gasteiger partial charge on any atom is -0.391 e. The van der Waals surface area contributed by atoms with Crippen LogP contribution in [0.25, 0.3) is 5.65 Å². The Labute approximate surface area is 221 Å². The molecule has 2 aliphatic heterocycles. The second-order valence-electron chi connectivity index (χ2n) is 10.2. The van der Waals surface area contributed by atoms with Crippen molar-refractivity contribution in [2.45, 2.75) is 45.3 Å². The third-order valence-electron chi connectivity index (χ3n) is 7.01. The molecule has 0 radical (unpaired) electrons. The van der Waals surface area contributed by atoms with Gasteiger partial charge in [-0.15, -0.1) is 0 Å². The van der Waals surface area contributed by atoms with E-state index < -0.39 is 10.0 Å². The van der Waals surface area contributed by atoms with Crippen LogP contribution in [0.3, 0.4) is 0 Å². The summed E-state index contributed by atoms with van der Waals surface area (Å²) in [7, 11) is -3.60. The van der Waals surface area contributed by atoms with E-state index in [9.17, 15) is 18.3 Å². The Bertz CT molecular complexity index is 1460. The number of aryl methyl sites for hydroxylation is 1. The number of rotatable bonds is 5. The number of nitrogens with one attached hydrogen (secondary N) is 1. The molecule has 1 amide bonds. The number of anilines is 2.